The van der Waals surface area contributed by atoms with Crippen molar-refractivity contribution in [3.63, 3.8) is 0 Å². The van der Waals surface area contributed by atoms with Crippen LogP contribution in [0.15, 0.2) is 12.4 Å². The van der Waals surface area contributed by atoms with Crippen LogP contribution in [0.2, 0.25) is 0 Å². The number of aromatic nitrogens is 2. The molecule has 5 nitrogen and oxygen atoms in total. The van der Waals surface area contributed by atoms with Gasteiger partial charge in [-0.2, -0.15) is 0 Å². The Balaban J connectivity index is 1.71. The van der Waals surface area contributed by atoms with E-state index >= 15 is 0 Å². The molecule has 1 saturated carbocycles. The number of aryl methyl sites for hydroxylation is 1. The summed E-state index contributed by atoms with van der Waals surface area (Å²) in [6.45, 7) is 3.29. The Kier molecular flexibility index (Phi) is 3.46. The molecule has 0 aliphatic heterocycles. The predicted octanol–water partition coefficient (Wildman–Crippen LogP) is 0.267. The van der Waals surface area contributed by atoms with Crippen LogP contribution >= 0.6 is 0 Å². The lowest BCUT2D eigenvalue weighted by Gasteiger charge is -2.05. The zero-order valence-corrected chi connectivity index (χ0v) is 9.36. The van der Waals surface area contributed by atoms with Gasteiger partial charge in [0.25, 0.3) is 5.91 Å². The third-order valence-corrected chi connectivity index (χ3v) is 2.43. The lowest BCUT2D eigenvalue weighted by Crippen LogP contribution is -2.33. The molecule has 5 heteroatoms. The Morgan fingerprint density at radius 3 is 2.81 bits per heavy atom. The summed E-state index contributed by atoms with van der Waals surface area (Å²) < 4.78 is 0. The predicted molar refractivity (Wildman–Crippen MR) is 60.1 cm³/mol. The van der Waals surface area contributed by atoms with Gasteiger partial charge in [0.2, 0.25) is 0 Å². The Bertz CT molecular complexity index is 359. The maximum atomic E-state index is 11.6. The van der Waals surface area contributed by atoms with Crippen LogP contribution in [0, 0.1) is 6.92 Å². The number of rotatable bonds is 5. The van der Waals surface area contributed by atoms with E-state index in [1.807, 2.05) is 6.92 Å². The molecule has 0 aromatic carbocycles. The van der Waals surface area contributed by atoms with Gasteiger partial charge in [0.15, 0.2) is 0 Å². The molecule has 0 saturated heterocycles. The first-order valence-corrected chi connectivity index (χ1v) is 5.56. The maximum Gasteiger partial charge on any atom is 0.271 e. The van der Waals surface area contributed by atoms with Gasteiger partial charge in [0, 0.05) is 25.3 Å². The van der Waals surface area contributed by atoms with Crippen molar-refractivity contribution >= 4 is 5.91 Å². The second-order valence-corrected chi connectivity index (χ2v) is 4.03. The molecule has 1 aromatic heterocycles. The van der Waals surface area contributed by atoms with Gasteiger partial charge in [-0.3, -0.25) is 9.78 Å². The van der Waals surface area contributed by atoms with Gasteiger partial charge in [-0.05, 0) is 19.8 Å². The molecular formula is C11H16N4O. The van der Waals surface area contributed by atoms with Crippen molar-refractivity contribution in [3.05, 3.63) is 23.8 Å². The topological polar surface area (TPSA) is 66.9 Å². The Morgan fingerprint density at radius 1 is 1.38 bits per heavy atom. The van der Waals surface area contributed by atoms with Gasteiger partial charge in [-0.25, -0.2) is 4.98 Å². The van der Waals surface area contributed by atoms with E-state index in [-0.39, 0.29) is 5.91 Å². The molecule has 1 aromatic rings. The van der Waals surface area contributed by atoms with Crippen molar-refractivity contribution in [1.29, 1.82) is 0 Å². The first-order chi connectivity index (χ1) is 7.75. The number of nitrogens with zero attached hydrogens (tertiary/aromatic N) is 2. The van der Waals surface area contributed by atoms with Crippen LogP contribution in [-0.2, 0) is 0 Å². The number of carbonyl (C=O) groups excluding carboxylic acids is 1. The molecule has 1 aliphatic carbocycles. The zero-order chi connectivity index (χ0) is 11.4. The standard InChI is InChI=1S/C11H16N4O/c1-8-6-15-10(7-14-8)11(16)13-5-4-12-9-2-3-9/h6-7,9,12H,2-5H2,1H3,(H,13,16). The van der Waals surface area contributed by atoms with Crippen LogP contribution in [0.3, 0.4) is 0 Å². The summed E-state index contributed by atoms with van der Waals surface area (Å²) >= 11 is 0. The van der Waals surface area contributed by atoms with Crippen molar-refractivity contribution in [1.82, 2.24) is 20.6 Å². The lowest BCUT2D eigenvalue weighted by molar-refractivity contribution is 0.0948. The van der Waals surface area contributed by atoms with E-state index in [4.69, 9.17) is 0 Å². The highest BCUT2D eigenvalue weighted by atomic mass is 16.1. The Labute approximate surface area is 94.7 Å². The molecule has 16 heavy (non-hydrogen) atoms. The van der Waals surface area contributed by atoms with Crippen LogP contribution in [0.1, 0.15) is 29.0 Å². The molecular weight excluding hydrogens is 204 g/mol. The average molecular weight is 220 g/mol. The highest BCUT2D eigenvalue weighted by molar-refractivity contribution is 5.91. The highest BCUT2D eigenvalue weighted by Crippen LogP contribution is 2.17. The normalized spacial score (nSPS) is 14.8. The van der Waals surface area contributed by atoms with E-state index in [1.54, 1.807) is 6.20 Å². The van der Waals surface area contributed by atoms with Crippen LogP contribution in [0.25, 0.3) is 0 Å². The minimum atomic E-state index is -0.162. The number of nitrogens with one attached hydrogen (secondary N) is 2. The molecule has 1 amide bonds. The van der Waals surface area contributed by atoms with Crippen molar-refractivity contribution in [2.75, 3.05) is 13.1 Å². The average Bonchev–Trinajstić information content (AvgIpc) is 3.09. The summed E-state index contributed by atoms with van der Waals surface area (Å²) in [5.41, 5.74) is 1.18. The first kappa shape index (κ1) is 11.0. The second-order valence-electron chi connectivity index (χ2n) is 4.03. The first-order valence-electron chi connectivity index (χ1n) is 5.56. The minimum absolute atomic E-state index is 0.162. The van der Waals surface area contributed by atoms with Gasteiger partial charge in [0.1, 0.15) is 5.69 Å². The van der Waals surface area contributed by atoms with E-state index in [0.717, 1.165) is 12.2 Å². The van der Waals surface area contributed by atoms with Gasteiger partial charge < -0.3 is 10.6 Å². The fourth-order valence-electron chi connectivity index (χ4n) is 1.34. The molecule has 2 rings (SSSR count). The van der Waals surface area contributed by atoms with Gasteiger partial charge in [0.05, 0.1) is 11.9 Å². The van der Waals surface area contributed by atoms with Crippen LogP contribution in [-0.4, -0.2) is 35.0 Å². The minimum Gasteiger partial charge on any atom is -0.349 e. The summed E-state index contributed by atoms with van der Waals surface area (Å²) in [5.74, 6) is -0.162. The quantitative estimate of drug-likeness (QED) is 0.699. The summed E-state index contributed by atoms with van der Waals surface area (Å²) in [6, 6.07) is 0.677. The number of amides is 1. The summed E-state index contributed by atoms with van der Waals surface area (Å²) in [5, 5.41) is 6.12. The van der Waals surface area contributed by atoms with E-state index in [0.29, 0.717) is 18.3 Å². The maximum absolute atomic E-state index is 11.6. The van der Waals surface area contributed by atoms with Crippen molar-refractivity contribution < 1.29 is 4.79 Å². The molecule has 0 radical (unpaired) electrons. The van der Waals surface area contributed by atoms with Crippen molar-refractivity contribution in [2.45, 2.75) is 25.8 Å². The second kappa shape index (κ2) is 5.03. The van der Waals surface area contributed by atoms with E-state index in [9.17, 15) is 4.79 Å². The monoisotopic (exact) mass is 220 g/mol. The molecule has 1 heterocycles. The number of hydrogen-bond acceptors (Lipinski definition) is 4. The molecule has 2 N–H and O–H groups in total. The fourth-order valence-corrected chi connectivity index (χ4v) is 1.34. The highest BCUT2D eigenvalue weighted by Gasteiger charge is 2.19. The van der Waals surface area contributed by atoms with E-state index in [2.05, 4.69) is 20.6 Å². The van der Waals surface area contributed by atoms with Crippen LogP contribution in [0.5, 0.6) is 0 Å². The largest absolute Gasteiger partial charge is 0.349 e. The third-order valence-electron chi connectivity index (χ3n) is 2.43. The van der Waals surface area contributed by atoms with Crippen molar-refractivity contribution in [3.8, 4) is 0 Å². The molecule has 1 aliphatic rings. The zero-order valence-electron chi connectivity index (χ0n) is 9.36. The van der Waals surface area contributed by atoms with Gasteiger partial charge in [-0.15, -0.1) is 0 Å². The molecule has 0 bridgehead atoms. The third kappa shape index (κ3) is 3.27. The number of carbonyl (C=O) groups is 1. The van der Waals surface area contributed by atoms with E-state index < -0.39 is 0 Å². The summed E-state index contributed by atoms with van der Waals surface area (Å²) in [7, 11) is 0. The molecule has 0 atom stereocenters. The van der Waals surface area contributed by atoms with Crippen molar-refractivity contribution in [2.24, 2.45) is 0 Å². The Morgan fingerprint density at radius 2 is 2.19 bits per heavy atom. The molecule has 1 fully saturated rings. The fraction of sp³-hybridized carbons (Fsp3) is 0.545. The summed E-state index contributed by atoms with van der Waals surface area (Å²) in [4.78, 5) is 19.6. The van der Waals surface area contributed by atoms with Gasteiger partial charge >= 0.3 is 0 Å². The molecule has 0 spiro atoms. The summed E-state index contributed by atoms with van der Waals surface area (Å²) in [6.07, 6.45) is 5.62. The smallest absolute Gasteiger partial charge is 0.271 e. The molecule has 0 unspecified atom stereocenters. The van der Waals surface area contributed by atoms with Gasteiger partial charge in [-0.1, -0.05) is 0 Å². The molecule has 86 valence electrons. The lowest BCUT2D eigenvalue weighted by atomic mass is 10.4. The number of hydrogen-bond donors (Lipinski definition) is 2. The Hall–Kier alpha value is -1.49. The SMILES string of the molecule is Cc1cnc(C(=O)NCCNC2CC2)cn1. The van der Waals surface area contributed by atoms with Crippen LogP contribution in [0.4, 0.5) is 0 Å². The van der Waals surface area contributed by atoms with Crippen LogP contribution < -0.4 is 10.6 Å². The van der Waals surface area contributed by atoms with E-state index in [1.165, 1.54) is 19.0 Å².